The molecule has 1 aromatic carbocycles. The van der Waals surface area contributed by atoms with Crippen LogP contribution in [0.25, 0.3) is 6.08 Å². The summed E-state index contributed by atoms with van der Waals surface area (Å²) < 4.78 is 10.6. The first-order valence-corrected chi connectivity index (χ1v) is 5.19. The minimum atomic E-state index is 0.672. The van der Waals surface area contributed by atoms with Crippen molar-refractivity contribution in [3.63, 3.8) is 0 Å². The highest BCUT2D eigenvalue weighted by molar-refractivity contribution is 5.79. The first kappa shape index (κ1) is 13.1. The fraction of sp³-hybridized carbons (Fsp3) is 0.308. The van der Waals surface area contributed by atoms with Gasteiger partial charge >= 0.3 is 0 Å². The third-order valence-electron chi connectivity index (χ3n) is 2.39. The molecule has 0 fully saturated rings. The van der Waals surface area contributed by atoms with Gasteiger partial charge in [-0.1, -0.05) is 0 Å². The van der Waals surface area contributed by atoms with E-state index in [0.29, 0.717) is 11.5 Å². The number of hydrogen-bond donors (Lipinski definition) is 0. The van der Waals surface area contributed by atoms with Crippen molar-refractivity contribution in [1.82, 2.24) is 0 Å². The van der Waals surface area contributed by atoms with Crippen molar-refractivity contribution >= 4 is 18.0 Å². The molecule has 0 N–H and O–H groups in total. The van der Waals surface area contributed by atoms with E-state index in [2.05, 4.69) is 0 Å². The predicted molar refractivity (Wildman–Crippen MR) is 69.0 cm³/mol. The zero-order valence-corrected chi connectivity index (χ0v) is 10.6. The summed E-state index contributed by atoms with van der Waals surface area (Å²) in [7, 11) is 7.06. The average molecular weight is 235 g/mol. The Balaban J connectivity index is 3.35. The molecule has 0 aliphatic carbocycles. The Labute approximate surface area is 101 Å². The maximum atomic E-state index is 10.4. The second kappa shape index (κ2) is 5.94. The summed E-state index contributed by atoms with van der Waals surface area (Å²) in [4.78, 5) is 12.3. The number of carbonyl (C=O) groups excluding carboxylic acids is 1. The predicted octanol–water partition coefficient (Wildman–Crippen LogP) is 1.98. The number of methoxy groups -OCH3 is 2. The number of carbonyl (C=O) groups is 1. The normalized spacial score (nSPS) is 10.4. The summed E-state index contributed by atoms with van der Waals surface area (Å²) in [6.07, 6.45) is 3.80. The Kier molecular flexibility index (Phi) is 4.57. The van der Waals surface area contributed by atoms with Crippen molar-refractivity contribution in [2.75, 3.05) is 33.2 Å². The fourth-order valence-corrected chi connectivity index (χ4v) is 1.48. The molecule has 0 unspecified atom stereocenters. The van der Waals surface area contributed by atoms with E-state index in [1.807, 2.05) is 31.1 Å². The number of nitrogens with zero attached hydrogens (tertiary/aromatic N) is 1. The summed E-state index contributed by atoms with van der Waals surface area (Å²) >= 11 is 0. The molecule has 0 radical (unpaired) electrons. The van der Waals surface area contributed by atoms with Gasteiger partial charge in [0.1, 0.15) is 17.8 Å². The van der Waals surface area contributed by atoms with E-state index in [-0.39, 0.29) is 0 Å². The molecule has 1 rings (SSSR count). The van der Waals surface area contributed by atoms with Gasteiger partial charge in [0, 0.05) is 31.9 Å². The first-order chi connectivity index (χ1) is 8.13. The molecule has 0 aliphatic rings. The summed E-state index contributed by atoms with van der Waals surface area (Å²) in [5.41, 5.74) is 1.73. The third-order valence-corrected chi connectivity index (χ3v) is 2.39. The van der Waals surface area contributed by atoms with E-state index < -0.39 is 0 Å². The van der Waals surface area contributed by atoms with Gasteiger partial charge in [-0.25, -0.2) is 0 Å². The Hall–Kier alpha value is -1.97. The lowest BCUT2D eigenvalue weighted by atomic mass is 10.1. The van der Waals surface area contributed by atoms with Crippen molar-refractivity contribution in [1.29, 1.82) is 0 Å². The number of aldehydes is 1. The number of rotatable bonds is 5. The molecule has 0 atom stereocenters. The molecule has 0 saturated heterocycles. The van der Waals surface area contributed by atoms with Crippen LogP contribution in [0.5, 0.6) is 11.5 Å². The number of allylic oxidation sites excluding steroid dienone is 1. The molecule has 4 heteroatoms. The lowest BCUT2D eigenvalue weighted by molar-refractivity contribution is -0.104. The van der Waals surface area contributed by atoms with Crippen LogP contribution in [0.3, 0.4) is 0 Å². The minimum Gasteiger partial charge on any atom is -0.496 e. The Morgan fingerprint density at radius 3 is 2.00 bits per heavy atom. The van der Waals surface area contributed by atoms with Crippen molar-refractivity contribution in [2.24, 2.45) is 0 Å². The van der Waals surface area contributed by atoms with E-state index >= 15 is 0 Å². The average Bonchev–Trinajstić information content (AvgIpc) is 2.34. The molecular formula is C13H17NO3. The largest absolute Gasteiger partial charge is 0.496 e. The molecule has 4 nitrogen and oxygen atoms in total. The third kappa shape index (κ3) is 3.00. The van der Waals surface area contributed by atoms with Crippen LogP contribution in [0, 0.1) is 0 Å². The molecule has 0 spiro atoms. The SMILES string of the molecule is COc1cc(N(C)C)cc(OC)c1/C=C/C=O. The van der Waals surface area contributed by atoms with Crippen molar-refractivity contribution < 1.29 is 14.3 Å². The maximum absolute atomic E-state index is 10.4. The molecule has 17 heavy (non-hydrogen) atoms. The van der Waals surface area contributed by atoms with Crippen LogP contribution in [-0.2, 0) is 4.79 Å². The number of benzene rings is 1. The molecule has 0 amide bonds. The molecule has 92 valence electrons. The van der Waals surface area contributed by atoms with Crippen molar-refractivity contribution in [2.45, 2.75) is 0 Å². The lowest BCUT2D eigenvalue weighted by Crippen LogP contribution is -2.09. The van der Waals surface area contributed by atoms with Crippen LogP contribution in [0.1, 0.15) is 5.56 Å². The van der Waals surface area contributed by atoms with E-state index in [0.717, 1.165) is 17.5 Å². The summed E-state index contributed by atoms with van der Waals surface area (Å²) in [5.74, 6) is 1.34. The first-order valence-electron chi connectivity index (χ1n) is 5.19. The highest BCUT2D eigenvalue weighted by Gasteiger charge is 2.10. The fourth-order valence-electron chi connectivity index (χ4n) is 1.48. The van der Waals surface area contributed by atoms with Gasteiger partial charge in [-0.15, -0.1) is 0 Å². The highest BCUT2D eigenvalue weighted by Crippen LogP contribution is 2.34. The monoisotopic (exact) mass is 235 g/mol. The van der Waals surface area contributed by atoms with Crippen LogP contribution < -0.4 is 14.4 Å². The summed E-state index contributed by atoms with van der Waals surface area (Å²) in [6.45, 7) is 0. The van der Waals surface area contributed by atoms with Crippen LogP contribution in [0.2, 0.25) is 0 Å². The minimum absolute atomic E-state index is 0.672. The van der Waals surface area contributed by atoms with Gasteiger partial charge in [0.2, 0.25) is 0 Å². The number of anilines is 1. The van der Waals surface area contributed by atoms with Crippen LogP contribution in [0.4, 0.5) is 5.69 Å². The van der Waals surface area contributed by atoms with Crippen LogP contribution >= 0.6 is 0 Å². The molecular weight excluding hydrogens is 218 g/mol. The van der Waals surface area contributed by atoms with Gasteiger partial charge in [-0.2, -0.15) is 0 Å². The standard InChI is InChI=1S/C13H17NO3/c1-14(2)10-8-12(16-3)11(6-5-7-15)13(9-10)17-4/h5-9H,1-4H3/b6-5+. The highest BCUT2D eigenvalue weighted by atomic mass is 16.5. The van der Waals surface area contributed by atoms with Gasteiger partial charge in [0.25, 0.3) is 0 Å². The molecule has 0 aliphatic heterocycles. The van der Waals surface area contributed by atoms with E-state index in [4.69, 9.17) is 9.47 Å². The van der Waals surface area contributed by atoms with Gasteiger partial charge in [-0.05, 0) is 12.2 Å². The van der Waals surface area contributed by atoms with Gasteiger partial charge in [0.15, 0.2) is 0 Å². The number of hydrogen-bond acceptors (Lipinski definition) is 4. The molecule has 0 bridgehead atoms. The number of ether oxygens (including phenoxy) is 2. The summed E-state index contributed by atoms with van der Waals surface area (Å²) in [6, 6.07) is 3.79. The quantitative estimate of drug-likeness (QED) is 0.578. The zero-order chi connectivity index (χ0) is 12.8. The molecule has 0 aromatic heterocycles. The zero-order valence-electron chi connectivity index (χ0n) is 10.6. The topological polar surface area (TPSA) is 38.8 Å². The Morgan fingerprint density at radius 2 is 1.65 bits per heavy atom. The van der Waals surface area contributed by atoms with Gasteiger partial charge in [0.05, 0.1) is 19.8 Å². The Bertz CT molecular complexity index is 400. The summed E-state index contributed by atoms with van der Waals surface area (Å²) in [5, 5.41) is 0. The van der Waals surface area contributed by atoms with Gasteiger partial charge < -0.3 is 14.4 Å². The van der Waals surface area contributed by atoms with Crippen LogP contribution in [0.15, 0.2) is 18.2 Å². The van der Waals surface area contributed by atoms with Crippen molar-refractivity contribution in [3.8, 4) is 11.5 Å². The molecule has 0 saturated carbocycles. The molecule has 1 aromatic rings. The maximum Gasteiger partial charge on any atom is 0.142 e. The van der Waals surface area contributed by atoms with Gasteiger partial charge in [-0.3, -0.25) is 4.79 Å². The van der Waals surface area contributed by atoms with Crippen LogP contribution in [-0.4, -0.2) is 34.6 Å². The van der Waals surface area contributed by atoms with E-state index in [1.165, 1.54) is 6.08 Å². The Morgan fingerprint density at radius 1 is 1.12 bits per heavy atom. The smallest absolute Gasteiger partial charge is 0.142 e. The van der Waals surface area contributed by atoms with E-state index in [1.54, 1.807) is 20.3 Å². The lowest BCUT2D eigenvalue weighted by Gasteiger charge is -2.17. The second-order valence-electron chi connectivity index (χ2n) is 3.65. The second-order valence-corrected chi connectivity index (χ2v) is 3.65. The van der Waals surface area contributed by atoms with Crippen molar-refractivity contribution in [3.05, 3.63) is 23.8 Å². The molecule has 0 heterocycles. The van der Waals surface area contributed by atoms with E-state index in [9.17, 15) is 4.79 Å².